The van der Waals surface area contributed by atoms with Crippen molar-refractivity contribution in [3.63, 3.8) is 0 Å². The molecular weight excluding hydrogens is 614 g/mol. The van der Waals surface area contributed by atoms with E-state index in [0.717, 1.165) is 61.2 Å². The Balaban J connectivity index is 1.50. The molecule has 4 rings (SSSR count). The molecule has 258 valence electrons. The Labute approximate surface area is 285 Å². The number of hydrogen-bond acceptors (Lipinski definition) is 7. The van der Waals surface area contributed by atoms with Crippen LogP contribution in [0.2, 0.25) is 0 Å². The van der Waals surface area contributed by atoms with E-state index >= 15 is 0 Å². The SMILES string of the molecule is CC#CCC(C)[C@H](O)/C=C/[C@H]1C(OC(=O)[C@H]2CCCC[C@H]2C(=O)NCCCCCCS)C[C@@H]2Oc3c(CCCC(=O)O)cccc3[C@@H]21. The van der Waals surface area contributed by atoms with Gasteiger partial charge in [0.25, 0.3) is 0 Å². The van der Waals surface area contributed by atoms with Crippen molar-refractivity contribution in [1.29, 1.82) is 0 Å². The van der Waals surface area contributed by atoms with E-state index in [1.807, 2.05) is 31.2 Å². The minimum absolute atomic E-state index is 0.0550. The molecule has 47 heavy (non-hydrogen) atoms. The quantitative estimate of drug-likeness (QED) is 0.0510. The minimum Gasteiger partial charge on any atom is -0.489 e. The van der Waals surface area contributed by atoms with Crippen molar-refractivity contribution >= 4 is 30.5 Å². The zero-order valence-electron chi connectivity index (χ0n) is 28.0. The Morgan fingerprint density at radius 2 is 1.89 bits per heavy atom. The second kappa shape index (κ2) is 18.5. The standard InChI is InChI=1S/C38H53NO7S/c1-3-4-13-25(2)31(40)21-20-29-32(24-33-35(29)30-18-11-14-26(36(30)45-33)15-12-19-34(41)42)46-38(44)28-17-8-7-16-27(28)37(43)39-22-9-5-6-10-23-47/h11,14,18,20-21,25,27-29,31-33,35,40,47H,5-10,12-13,15-17,19,22-24H2,1-2H3,(H,39,43)(H,41,42)/b21-20+/t25?,27-,28+,29+,31-,32?,33+,35+/m1/s1. The van der Waals surface area contributed by atoms with Crippen LogP contribution in [0.1, 0.15) is 108 Å². The molecule has 0 spiro atoms. The normalized spacial score (nSPS) is 26.0. The van der Waals surface area contributed by atoms with Gasteiger partial charge in [-0.1, -0.05) is 63.0 Å². The molecule has 2 unspecified atom stereocenters. The van der Waals surface area contributed by atoms with Crippen molar-refractivity contribution < 1.29 is 34.1 Å². The predicted molar refractivity (Wildman–Crippen MR) is 185 cm³/mol. The fourth-order valence-electron chi connectivity index (χ4n) is 7.41. The molecule has 3 N–H and O–H groups in total. The van der Waals surface area contributed by atoms with Gasteiger partial charge in [-0.25, -0.2) is 0 Å². The van der Waals surface area contributed by atoms with E-state index in [4.69, 9.17) is 14.6 Å². The third kappa shape index (κ3) is 10.0. The third-order valence-electron chi connectivity index (χ3n) is 10.1. The Hall–Kier alpha value is -2.96. The lowest BCUT2D eigenvalue weighted by molar-refractivity contribution is -0.161. The van der Waals surface area contributed by atoms with Gasteiger partial charge in [0, 0.05) is 43.2 Å². The average molecular weight is 668 g/mol. The number of unbranched alkanes of at least 4 members (excludes halogenated alkanes) is 3. The monoisotopic (exact) mass is 667 g/mol. The summed E-state index contributed by atoms with van der Waals surface area (Å²) in [5.41, 5.74) is 2.01. The summed E-state index contributed by atoms with van der Waals surface area (Å²) in [6, 6.07) is 6.01. The number of fused-ring (bicyclic) bond motifs is 3. The van der Waals surface area contributed by atoms with E-state index in [-0.39, 0.29) is 42.2 Å². The number of carbonyl (C=O) groups is 3. The second-order valence-electron chi connectivity index (χ2n) is 13.5. The van der Waals surface area contributed by atoms with Crippen LogP contribution < -0.4 is 10.1 Å². The van der Waals surface area contributed by atoms with Gasteiger partial charge in [-0.15, -0.1) is 11.8 Å². The highest BCUT2D eigenvalue weighted by Gasteiger charge is 2.52. The van der Waals surface area contributed by atoms with Crippen molar-refractivity contribution in [2.45, 2.75) is 122 Å². The first-order valence-corrected chi connectivity index (χ1v) is 18.2. The van der Waals surface area contributed by atoms with Gasteiger partial charge < -0.3 is 25.0 Å². The molecule has 8 nitrogen and oxygen atoms in total. The van der Waals surface area contributed by atoms with E-state index in [1.54, 1.807) is 13.0 Å². The number of esters is 1. The number of aliphatic hydroxyl groups is 1. The van der Waals surface area contributed by atoms with Crippen LogP contribution in [0.15, 0.2) is 30.4 Å². The van der Waals surface area contributed by atoms with Crippen LogP contribution in [-0.4, -0.2) is 58.7 Å². The number of nitrogens with one attached hydrogen (secondary N) is 1. The van der Waals surface area contributed by atoms with Crippen molar-refractivity contribution in [1.82, 2.24) is 5.32 Å². The van der Waals surface area contributed by atoms with Crippen LogP contribution in [0.3, 0.4) is 0 Å². The number of aliphatic hydroxyl groups excluding tert-OH is 1. The lowest BCUT2D eigenvalue weighted by Gasteiger charge is -2.31. The molecule has 3 aliphatic rings. The Bertz CT molecular complexity index is 1300. The lowest BCUT2D eigenvalue weighted by atomic mass is 9.78. The first-order chi connectivity index (χ1) is 22.7. The maximum atomic E-state index is 13.8. The van der Waals surface area contributed by atoms with Gasteiger partial charge in [0.05, 0.1) is 17.9 Å². The Morgan fingerprint density at radius 3 is 2.64 bits per heavy atom. The fraction of sp³-hybridized carbons (Fsp3) is 0.658. The number of hydrogen-bond donors (Lipinski definition) is 4. The number of amides is 1. The van der Waals surface area contributed by atoms with Crippen LogP contribution in [0.25, 0.3) is 0 Å². The van der Waals surface area contributed by atoms with Crippen molar-refractivity contribution in [3.05, 3.63) is 41.5 Å². The molecule has 9 heteroatoms. The molecule has 0 aromatic heterocycles. The van der Waals surface area contributed by atoms with Crippen LogP contribution in [-0.2, 0) is 25.5 Å². The van der Waals surface area contributed by atoms with Gasteiger partial charge in [-0.3, -0.25) is 14.4 Å². The number of carboxylic acids is 1. The Morgan fingerprint density at radius 1 is 1.13 bits per heavy atom. The molecule has 1 amide bonds. The van der Waals surface area contributed by atoms with Gasteiger partial charge >= 0.3 is 11.9 Å². The third-order valence-corrected chi connectivity index (χ3v) is 10.4. The zero-order chi connectivity index (χ0) is 33.8. The molecule has 2 fully saturated rings. The summed E-state index contributed by atoms with van der Waals surface area (Å²) in [4.78, 5) is 38.2. The molecule has 1 aliphatic heterocycles. The maximum Gasteiger partial charge on any atom is 0.310 e. The average Bonchev–Trinajstić information content (AvgIpc) is 3.59. The summed E-state index contributed by atoms with van der Waals surface area (Å²) in [5.74, 6) is 5.17. The summed E-state index contributed by atoms with van der Waals surface area (Å²) < 4.78 is 12.8. The largest absolute Gasteiger partial charge is 0.489 e. The maximum absolute atomic E-state index is 13.8. The van der Waals surface area contributed by atoms with Gasteiger partial charge in [0.15, 0.2) is 0 Å². The molecule has 2 aliphatic carbocycles. The van der Waals surface area contributed by atoms with Crippen LogP contribution in [0.5, 0.6) is 5.75 Å². The highest BCUT2D eigenvalue weighted by Crippen LogP contribution is 2.53. The van der Waals surface area contributed by atoms with E-state index in [9.17, 15) is 19.5 Å². The predicted octanol–water partition coefficient (Wildman–Crippen LogP) is 6.25. The molecule has 0 bridgehead atoms. The number of para-hydroxylation sites is 1. The molecular formula is C38H53NO7S. The number of ether oxygens (including phenoxy) is 2. The topological polar surface area (TPSA) is 122 Å². The summed E-state index contributed by atoms with van der Waals surface area (Å²) >= 11 is 4.26. The summed E-state index contributed by atoms with van der Waals surface area (Å²) in [5, 5.41) is 23.1. The summed E-state index contributed by atoms with van der Waals surface area (Å²) in [6.45, 7) is 4.36. The molecule has 1 heterocycles. The van der Waals surface area contributed by atoms with Crippen molar-refractivity contribution in [3.8, 4) is 17.6 Å². The first kappa shape index (κ1) is 36.9. The summed E-state index contributed by atoms with van der Waals surface area (Å²) in [6.07, 6.45) is 11.9. The van der Waals surface area contributed by atoms with Crippen LogP contribution in [0.4, 0.5) is 0 Å². The first-order valence-electron chi connectivity index (χ1n) is 17.6. The Kier molecular flexibility index (Phi) is 14.5. The number of rotatable bonds is 17. The molecule has 8 atom stereocenters. The highest BCUT2D eigenvalue weighted by atomic mass is 32.1. The summed E-state index contributed by atoms with van der Waals surface area (Å²) in [7, 11) is 0. The molecule has 0 saturated heterocycles. The fourth-order valence-corrected chi connectivity index (χ4v) is 7.64. The van der Waals surface area contributed by atoms with Crippen molar-refractivity contribution in [2.75, 3.05) is 12.3 Å². The number of aryl methyl sites for hydroxylation is 1. The molecule has 2 saturated carbocycles. The number of aliphatic carboxylic acids is 1. The number of thiol groups is 1. The zero-order valence-corrected chi connectivity index (χ0v) is 28.9. The molecule has 1 aromatic rings. The smallest absolute Gasteiger partial charge is 0.310 e. The van der Waals surface area contributed by atoms with E-state index in [1.165, 1.54) is 0 Å². The minimum atomic E-state index is -0.819. The van der Waals surface area contributed by atoms with Crippen LogP contribution in [0, 0.1) is 35.5 Å². The lowest BCUT2D eigenvalue weighted by Crippen LogP contribution is -2.41. The van der Waals surface area contributed by atoms with Gasteiger partial charge in [0.1, 0.15) is 18.0 Å². The van der Waals surface area contributed by atoms with Gasteiger partial charge in [-0.2, -0.15) is 12.6 Å². The van der Waals surface area contributed by atoms with E-state index < -0.39 is 30.0 Å². The molecule has 0 radical (unpaired) electrons. The highest BCUT2D eigenvalue weighted by molar-refractivity contribution is 7.80. The number of carbonyl (C=O) groups excluding carboxylic acids is 2. The number of benzene rings is 1. The van der Waals surface area contributed by atoms with Gasteiger partial charge in [-0.05, 0) is 62.7 Å². The number of carboxylic acid groups (broad SMARTS) is 1. The van der Waals surface area contributed by atoms with Crippen molar-refractivity contribution in [2.24, 2.45) is 23.7 Å². The molecule has 1 aromatic carbocycles. The van der Waals surface area contributed by atoms with E-state index in [2.05, 4.69) is 29.8 Å². The van der Waals surface area contributed by atoms with Gasteiger partial charge in [0.2, 0.25) is 5.91 Å². The van der Waals surface area contributed by atoms with E-state index in [0.29, 0.717) is 45.1 Å². The van der Waals surface area contributed by atoms with Crippen LogP contribution >= 0.6 is 12.6 Å². The second-order valence-corrected chi connectivity index (χ2v) is 13.9.